The lowest BCUT2D eigenvalue weighted by Crippen LogP contribution is -2.51. The first-order chi connectivity index (χ1) is 9.15. The van der Waals surface area contributed by atoms with Crippen LogP contribution in [0.5, 0.6) is 0 Å². The molecule has 0 saturated carbocycles. The molecule has 0 radical (unpaired) electrons. The van der Waals surface area contributed by atoms with Gasteiger partial charge in [0.05, 0.1) is 12.5 Å². The molecule has 0 spiro atoms. The van der Waals surface area contributed by atoms with Crippen molar-refractivity contribution >= 4 is 11.8 Å². The average molecular weight is 269 g/mol. The quantitative estimate of drug-likeness (QED) is 0.710. The maximum Gasteiger partial charge on any atom is 0.228 e. The van der Waals surface area contributed by atoms with E-state index in [1.165, 1.54) is 0 Å². The summed E-state index contributed by atoms with van der Waals surface area (Å²) in [6.07, 6.45) is 0.365. The van der Waals surface area contributed by atoms with Crippen LogP contribution in [0.1, 0.15) is 13.3 Å². The second kappa shape index (κ2) is 6.34. The number of β-amino-alcohol motifs (C(OH)–C–C–N with tert-alkyl or cyclic N) is 1. The molecule has 1 unspecified atom stereocenters. The van der Waals surface area contributed by atoms with Crippen molar-refractivity contribution in [3.05, 3.63) is 0 Å². The Kier molecular flexibility index (Phi) is 4.76. The van der Waals surface area contributed by atoms with Crippen molar-refractivity contribution in [2.24, 2.45) is 5.92 Å². The summed E-state index contributed by atoms with van der Waals surface area (Å²) < 4.78 is 0. The number of carbonyl (C=O) groups excluding carboxylic acids is 2. The Morgan fingerprint density at radius 3 is 2.53 bits per heavy atom. The van der Waals surface area contributed by atoms with Crippen molar-refractivity contribution in [1.82, 2.24) is 14.7 Å². The molecule has 2 saturated heterocycles. The van der Waals surface area contributed by atoms with E-state index in [0.29, 0.717) is 39.1 Å². The van der Waals surface area contributed by atoms with Crippen molar-refractivity contribution in [2.45, 2.75) is 13.3 Å². The molecule has 0 aromatic rings. The zero-order valence-corrected chi connectivity index (χ0v) is 11.5. The smallest absolute Gasteiger partial charge is 0.228 e. The van der Waals surface area contributed by atoms with Crippen LogP contribution in [0.3, 0.4) is 0 Å². The molecular formula is C13H23N3O3. The average Bonchev–Trinajstić information content (AvgIpc) is 2.80. The minimum absolute atomic E-state index is 0.0970. The van der Waals surface area contributed by atoms with Crippen molar-refractivity contribution < 1.29 is 14.7 Å². The Bertz CT molecular complexity index is 340. The van der Waals surface area contributed by atoms with E-state index in [0.717, 1.165) is 13.1 Å². The number of nitrogens with zero attached hydrogens (tertiary/aromatic N) is 3. The maximum absolute atomic E-state index is 12.4. The van der Waals surface area contributed by atoms with E-state index >= 15 is 0 Å². The van der Waals surface area contributed by atoms with Gasteiger partial charge in [-0.3, -0.25) is 14.5 Å². The molecular weight excluding hydrogens is 246 g/mol. The fourth-order valence-electron chi connectivity index (χ4n) is 2.83. The van der Waals surface area contributed by atoms with E-state index in [-0.39, 0.29) is 24.3 Å². The number of amides is 2. The van der Waals surface area contributed by atoms with Gasteiger partial charge in [0.25, 0.3) is 0 Å². The molecule has 0 aliphatic carbocycles. The second-order valence-corrected chi connectivity index (χ2v) is 5.22. The Morgan fingerprint density at radius 2 is 2.00 bits per heavy atom. The lowest BCUT2D eigenvalue weighted by molar-refractivity contribution is -0.137. The molecule has 2 aliphatic heterocycles. The zero-order valence-electron chi connectivity index (χ0n) is 11.5. The van der Waals surface area contributed by atoms with Gasteiger partial charge in [0.2, 0.25) is 11.8 Å². The van der Waals surface area contributed by atoms with E-state index < -0.39 is 0 Å². The van der Waals surface area contributed by atoms with Crippen molar-refractivity contribution in [1.29, 1.82) is 0 Å². The third-order valence-corrected chi connectivity index (χ3v) is 4.05. The molecule has 2 aliphatic rings. The number of hydrogen-bond acceptors (Lipinski definition) is 4. The summed E-state index contributed by atoms with van der Waals surface area (Å²) >= 11 is 0. The predicted octanol–water partition coefficient (Wildman–Crippen LogP) is -1.01. The van der Waals surface area contributed by atoms with Crippen LogP contribution in [-0.4, -0.2) is 84.0 Å². The van der Waals surface area contributed by atoms with Gasteiger partial charge in [0, 0.05) is 52.2 Å². The van der Waals surface area contributed by atoms with Gasteiger partial charge in [-0.15, -0.1) is 0 Å². The Balaban J connectivity index is 1.83. The lowest BCUT2D eigenvalue weighted by Gasteiger charge is -2.35. The van der Waals surface area contributed by atoms with Gasteiger partial charge >= 0.3 is 0 Å². The summed E-state index contributed by atoms with van der Waals surface area (Å²) in [6, 6.07) is 0. The SMILES string of the molecule is CCN1CC(C(=O)N2CCN(CCO)CC2)CC1=O. The number of piperazine rings is 1. The van der Waals surface area contributed by atoms with E-state index in [1.54, 1.807) is 4.90 Å². The fraction of sp³-hybridized carbons (Fsp3) is 0.846. The minimum Gasteiger partial charge on any atom is -0.395 e. The third-order valence-electron chi connectivity index (χ3n) is 4.05. The molecule has 0 aromatic carbocycles. The van der Waals surface area contributed by atoms with Crippen molar-refractivity contribution in [2.75, 3.05) is 52.4 Å². The van der Waals surface area contributed by atoms with Gasteiger partial charge in [0.1, 0.15) is 0 Å². The molecule has 0 bridgehead atoms. The van der Waals surface area contributed by atoms with Gasteiger partial charge in [0.15, 0.2) is 0 Å². The molecule has 2 amide bonds. The molecule has 2 heterocycles. The zero-order chi connectivity index (χ0) is 13.8. The van der Waals surface area contributed by atoms with Crippen LogP contribution in [0, 0.1) is 5.92 Å². The third kappa shape index (κ3) is 3.25. The largest absolute Gasteiger partial charge is 0.395 e. The molecule has 6 nitrogen and oxygen atoms in total. The predicted molar refractivity (Wildman–Crippen MR) is 70.5 cm³/mol. The number of aliphatic hydroxyl groups excluding tert-OH is 1. The van der Waals surface area contributed by atoms with Crippen molar-refractivity contribution in [3.63, 3.8) is 0 Å². The molecule has 1 atom stereocenters. The van der Waals surface area contributed by atoms with E-state index in [4.69, 9.17) is 5.11 Å². The number of carbonyl (C=O) groups is 2. The molecule has 108 valence electrons. The summed E-state index contributed by atoms with van der Waals surface area (Å²) in [7, 11) is 0. The topological polar surface area (TPSA) is 64.1 Å². The van der Waals surface area contributed by atoms with Crippen LogP contribution < -0.4 is 0 Å². The van der Waals surface area contributed by atoms with Crippen LogP contribution >= 0.6 is 0 Å². The highest BCUT2D eigenvalue weighted by Crippen LogP contribution is 2.20. The highest BCUT2D eigenvalue weighted by Gasteiger charge is 2.36. The Hall–Kier alpha value is -1.14. The molecule has 1 N–H and O–H groups in total. The molecule has 0 aromatic heterocycles. The van der Waals surface area contributed by atoms with E-state index in [9.17, 15) is 9.59 Å². The van der Waals surface area contributed by atoms with Gasteiger partial charge in [-0.1, -0.05) is 0 Å². The first-order valence-electron chi connectivity index (χ1n) is 7.05. The fourth-order valence-corrected chi connectivity index (χ4v) is 2.83. The summed E-state index contributed by atoms with van der Waals surface area (Å²) in [4.78, 5) is 29.8. The van der Waals surface area contributed by atoms with Gasteiger partial charge in [-0.25, -0.2) is 0 Å². The van der Waals surface area contributed by atoms with Gasteiger partial charge < -0.3 is 14.9 Å². The Morgan fingerprint density at radius 1 is 1.32 bits per heavy atom. The maximum atomic E-state index is 12.4. The summed E-state index contributed by atoms with van der Waals surface area (Å²) in [5.41, 5.74) is 0. The monoisotopic (exact) mass is 269 g/mol. The summed E-state index contributed by atoms with van der Waals surface area (Å²) in [5.74, 6) is 0.0598. The minimum atomic E-state index is -0.156. The van der Waals surface area contributed by atoms with Crippen LogP contribution in [0.4, 0.5) is 0 Å². The van der Waals surface area contributed by atoms with Gasteiger partial charge in [-0.2, -0.15) is 0 Å². The molecule has 2 fully saturated rings. The highest BCUT2D eigenvalue weighted by molar-refractivity contribution is 5.89. The normalized spacial score (nSPS) is 25.2. The summed E-state index contributed by atoms with van der Waals surface area (Å²) in [5, 5.41) is 8.89. The highest BCUT2D eigenvalue weighted by atomic mass is 16.3. The lowest BCUT2D eigenvalue weighted by atomic mass is 10.1. The number of rotatable bonds is 4. The molecule has 6 heteroatoms. The molecule has 2 rings (SSSR count). The number of aliphatic hydroxyl groups is 1. The first-order valence-corrected chi connectivity index (χ1v) is 7.05. The van der Waals surface area contributed by atoms with Crippen molar-refractivity contribution in [3.8, 4) is 0 Å². The van der Waals surface area contributed by atoms with E-state index in [1.807, 2.05) is 11.8 Å². The standard InChI is InChI=1S/C13H23N3O3/c1-2-15-10-11(9-12(15)18)13(19)16-5-3-14(4-6-16)7-8-17/h11,17H,2-10H2,1H3. The molecule has 19 heavy (non-hydrogen) atoms. The van der Waals surface area contributed by atoms with Crippen LogP contribution in [0.2, 0.25) is 0 Å². The van der Waals surface area contributed by atoms with E-state index in [2.05, 4.69) is 4.90 Å². The Labute approximate surface area is 114 Å². The van der Waals surface area contributed by atoms with Crippen LogP contribution in [0.15, 0.2) is 0 Å². The van der Waals surface area contributed by atoms with Crippen LogP contribution in [-0.2, 0) is 9.59 Å². The number of likely N-dealkylation sites (tertiary alicyclic amines) is 1. The number of hydrogen-bond donors (Lipinski definition) is 1. The van der Waals surface area contributed by atoms with Crippen LogP contribution in [0.25, 0.3) is 0 Å². The van der Waals surface area contributed by atoms with Gasteiger partial charge in [-0.05, 0) is 6.92 Å². The second-order valence-electron chi connectivity index (χ2n) is 5.22. The first kappa shape index (κ1) is 14.3. The summed E-state index contributed by atoms with van der Waals surface area (Å²) in [6.45, 7) is 7.07.